The zero-order valence-electron chi connectivity index (χ0n) is 10.7. The van der Waals surface area contributed by atoms with E-state index >= 15 is 0 Å². The lowest BCUT2D eigenvalue weighted by Gasteiger charge is -2.34. The predicted molar refractivity (Wildman–Crippen MR) is 79.6 cm³/mol. The summed E-state index contributed by atoms with van der Waals surface area (Å²) in [4.78, 5) is 0. The Kier molecular flexibility index (Phi) is 3.35. The van der Waals surface area contributed by atoms with Gasteiger partial charge in [-0.25, -0.2) is 0 Å². The molecular weight excluding hydrogens is 229 g/mol. The van der Waals surface area contributed by atoms with Crippen LogP contribution >= 0.6 is 0 Å². The molecule has 1 heterocycles. The van der Waals surface area contributed by atoms with Crippen LogP contribution in [0.25, 0.3) is 0 Å². The fourth-order valence-electron chi connectivity index (χ4n) is 2.06. The van der Waals surface area contributed by atoms with Crippen molar-refractivity contribution in [3.8, 4) is 11.5 Å². The number of hydrogen-bond donors (Lipinski definition) is 0. The predicted octanol–water partition coefficient (Wildman–Crippen LogP) is -0.241. The van der Waals surface area contributed by atoms with Gasteiger partial charge < -0.3 is 9.47 Å². The highest BCUT2D eigenvalue weighted by molar-refractivity contribution is 6.44. The fraction of sp³-hybridized carbons (Fsp3) is 0.455. The largest absolute Gasteiger partial charge is 0.468 e. The van der Waals surface area contributed by atoms with E-state index in [1.807, 2.05) is 0 Å². The first kappa shape index (κ1) is 14.6. The van der Waals surface area contributed by atoms with Crippen molar-refractivity contribution in [3.05, 3.63) is 23.8 Å². The van der Waals surface area contributed by atoms with E-state index < -0.39 is 16.0 Å². The van der Waals surface area contributed by atoms with Gasteiger partial charge in [0, 0.05) is 0 Å². The molecule has 1 aromatic rings. The van der Waals surface area contributed by atoms with Gasteiger partial charge in [-0.3, -0.25) is 0 Å². The molecule has 0 amide bonds. The quantitative estimate of drug-likeness (QED) is 0.675. The molecule has 2 rings (SSSR count). The van der Waals surface area contributed by atoms with Crippen molar-refractivity contribution in [2.24, 2.45) is 0 Å². The maximum Gasteiger partial charge on any atom is 0.175 e. The second-order valence-electron chi connectivity index (χ2n) is 5.31. The number of rotatable bonds is 3. The number of hydrogen-bond acceptors (Lipinski definition) is 2. The Morgan fingerprint density at radius 2 is 1.63 bits per heavy atom. The minimum Gasteiger partial charge on any atom is -0.468 e. The summed E-state index contributed by atoms with van der Waals surface area (Å²) in [6.45, 7) is 1.64. The first-order valence-corrected chi connectivity index (χ1v) is 5.74. The van der Waals surface area contributed by atoms with Gasteiger partial charge in [0.1, 0.15) is 0 Å². The van der Waals surface area contributed by atoms with E-state index in [1.54, 1.807) is 25.1 Å². The highest BCUT2D eigenvalue weighted by Gasteiger charge is 2.32. The number of fused-ring (bicyclic) bond motifs is 1. The van der Waals surface area contributed by atoms with Gasteiger partial charge in [-0.2, -0.15) is 0 Å². The maximum absolute atomic E-state index is 6.04. The summed E-state index contributed by atoms with van der Waals surface area (Å²) >= 11 is 0. The van der Waals surface area contributed by atoms with Crippen LogP contribution in [0.1, 0.15) is 18.9 Å². The first-order valence-electron chi connectivity index (χ1n) is 5.74. The summed E-state index contributed by atoms with van der Waals surface area (Å²) in [5, 5.41) is -2.20. The van der Waals surface area contributed by atoms with Gasteiger partial charge in [0.25, 0.3) is 0 Å². The molecule has 19 heavy (non-hydrogen) atoms. The standard InChI is InChI=1S/C11H8B6O2/c1-9(12,13)5-10(14,15)6-2-3-7-8(4-6)19-11(16,17)18-7/h2-4H,5H2,1H3. The molecule has 1 aliphatic heterocycles. The number of ether oxygens (including phenoxy) is 2. The molecule has 0 fully saturated rings. The lowest BCUT2D eigenvalue weighted by molar-refractivity contribution is 0.0833. The van der Waals surface area contributed by atoms with Gasteiger partial charge in [-0.05, 0) is 12.1 Å². The molecule has 0 atom stereocenters. The molecule has 12 radical (unpaired) electrons. The average molecular weight is 237 g/mol. The normalized spacial score (nSPS) is 17.3. The Hall–Kier alpha value is -0.790. The molecule has 82 valence electrons. The lowest BCUT2D eigenvalue weighted by Crippen LogP contribution is -2.39. The summed E-state index contributed by atoms with van der Waals surface area (Å²) in [5.74, 6) is 0.798. The molecule has 0 saturated heterocycles. The Morgan fingerprint density at radius 3 is 2.21 bits per heavy atom. The van der Waals surface area contributed by atoms with Gasteiger partial charge in [-0.15, -0.1) is 5.21 Å². The minimum atomic E-state index is -1.68. The Morgan fingerprint density at radius 1 is 1.05 bits per heavy atom. The van der Waals surface area contributed by atoms with Gasteiger partial charge >= 0.3 is 0 Å². The third kappa shape index (κ3) is 3.40. The van der Waals surface area contributed by atoms with E-state index in [0.29, 0.717) is 17.1 Å². The summed E-state index contributed by atoms with van der Waals surface area (Å²) in [5.41, 5.74) is -1.09. The van der Waals surface area contributed by atoms with Crippen LogP contribution in [0.15, 0.2) is 18.2 Å². The third-order valence-corrected chi connectivity index (χ3v) is 2.69. The molecule has 0 spiro atoms. The monoisotopic (exact) mass is 238 g/mol. The van der Waals surface area contributed by atoms with Crippen molar-refractivity contribution in [3.63, 3.8) is 0 Å². The van der Waals surface area contributed by atoms with Crippen molar-refractivity contribution >= 4 is 47.1 Å². The topological polar surface area (TPSA) is 18.5 Å². The summed E-state index contributed by atoms with van der Waals surface area (Å²) in [7, 11) is 34.6. The van der Waals surface area contributed by atoms with Crippen LogP contribution in [0.4, 0.5) is 0 Å². The summed E-state index contributed by atoms with van der Waals surface area (Å²) < 4.78 is 10.4. The summed E-state index contributed by atoms with van der Waals surface area (Å²) in [6.07, 6.45) is 0.177. The van der Waals surface area contributed by atoms with Gasteiger partial charge in [0.05, 0.1) is 31.4 Å². The van der Waals surface area contributed by atoms with Gasteiger partial charge in [-0.1, -0.05) is 30.2 Å². The SMILES string of the molecule is [B]C([B])(C)CC([B])([B])c1ccc2c(c1)OC([B])([B])O2. The Labute approximate surface area is 121 Å². The zero-order chi connectivity index (χ0) is 14.5. The third-order valence-electron chi connectivity index (χ3n) is 2.69. The van der Waals surface area contributed by atoms with E-state index in [1.165, 1.54) is 0 Å². The number of benzene rings is 1. The molecule has 0 N–H and O–H groups in total. The van der Waals surface area contributed by atoms with Crippen molar-refractivity contribution < 1.29 is 9.47 Å². The van der Waals surface area contributed by atoms with Gasteiger partial charge in [0.2, 0.25) is 0 Å². The first-order chi connectivity index (χ1) is 8.49. The lowest BCUT2D eigenvalue weighted by atomic mass is 9.40. The Bertz CT molecular complexity index is 494. The highest BCUT2D eigenvalue weighted by atomic mass is 16.7. The molecule has 2 nitrogen and oxygen atoms in total. The summed E-state index contributed by atoms with van der Waals surface area (Å²) in [6, 6.07) is 4.93. The van der Waals surface area contributed by atoms with Crippen LogP contribution in [0.5, 0.6) is 11.5 Å². The van der Waals surface area contributed by atoms with Crippen molar-refractivity contribution in [1.82, 2.24) is 0 Å². The second kappa shape index (κ2) is 4.36. The van der Waals surface area contributed by atoms with Crippen LogP contribution in [-0.4, -0.2) is 52.7 Å². The molecule has 0 bridgehead atoms. The molecule has 8 heteroatoms. The molecule has 0 unspecified atom stereocenters. The van der Waals surface area contributed by atoms with Gasteiger partial charge in [0.15, 0.2) is 32.8 Å². The van der Waals surface area contributed by atoms with Crippen LogP contribution < -0.4 is 9.47 Å². The second-order valence-corrected chi connectivity index (χ2v) is 5.31. The van der Waals surface area contributed by atoms with E-state index in [2.05, 4.69) is 0 Å². The van der Waals surface area contributed by atoms with E-state index in [-0.39, 0.29) is 6.42 Å². The molecular formula is C11H8B6O2. The van der Waals surface area contributed by atoms with Crippen LogP contribution in [0, 0.1) is 0 Å². The highest BCUT2D eigenvalue weighted by Crippen LogP contribution is 2.41. The fourth-order valence-corrected chi connectivity index (χ4v) is 2.06. The molecule has 0 aromatic heterocycles. The molecule has 1 aliphatic rings. The Balaban J connectivity index is 2.29. The smallest absolute Gasteiger partial charge is 0.175 e. The van der Waals surface area contributed by atoms with Crippen molar-refractivity contribution in [2.45, 2.75) is 29.4 Å². The van der Waals surface area contributed by atoms with E-state index in [4.69, 9.17) is 56.6 Å². The maximum atomic E-state index is 6.04. The molecule has 0 saturated carbocycles. The zero-order valence-corrected chi connectivity index (χ0v) is 10.7. The molecule has 1 aromatic carbocycles. The van der Waals surface area contributed by atoms with Crippen LogP contribution in [0.3, 0.4) is 0 Å². The van der Waals surface area contributed by atoms with Crippen LogP contribution in [0.2, 0.25) is 5.21 Å². The molecule has 0 aliphatic carbocycles. The van der Waals surface area contributed by atoms with E-state index in [0.717, 1.165) is 0 Å². The van der Waals surface area contributed by atoms with Crippen LogP contribution in [-0.2, 0) is 5.21 Å². The van der Waals surface area contributed by atoms with Crippen molar-refractivity contribution in [2.75, 3.05) is 0 Å². The van der Waals surface area contributed by atoms with E-state index in [9.17, 15) is 0 Å². The minimum absolute atomic E-state index is 0.177. The average Bonchev–Trinajstić information content (AvgIpc) is 2.46. The van der Waals surface area contributed by atoms with Crippen molar-refractivity contribution in [1.29, 1.82) is 0 Å².